The Kier molecular flexibility index (Phi) is 5.05. The number of nitrogens with zero attached hydrogens (tertiary/aromatic N) is 3. The molecule has 0 aliphatic heterocycles. The highest BCUT2D eigenvalue weighted by Gasteiger charge is 2.15. The zero-order valence-corrected chi connectivity index (χ0v) is 12.3. The number of aromatic nitrogens is 3. The van der Waals surface area contributed by atoms with Crippen molar-refractivity contribution >= 4 is 5.91 Å². The number of aliphatic hydroxyl groups is 1. The molecule has 0 aliphatic rings. The highest BCUT2D eigenvalue weighted by Crippen LogP contribution is 2.09. The van der Waals surface area contributed by atoms with Gasteiger partial charge in [-0.05, 0) is 37.5 Å². The van der Waals surface area contributed by atoms with Gasteiger partial charge in [-0.3, -0.25) is 4.79 Å². The number of hydrogen-bond acceptors (Lipinski definition) is 4. The fourth-order valence-electron chi connectivity index (χ4n) is 2.06. The summed E-state index contributed by atoms with van der Waals surface area (Å²) >= 11 is 0. The Bertz CT molecular complexity index is 609. The summed E-state index contributed by atoms with van der Waals surface area (Å²) in [5.41, 5.74) is 2.25. The molecule has 0 spiro atoms. The summed E-state index contributed by atoms with van der Waals surface area (Å²) in [5, 5.41) is 19.7. The van der Waals surface area contributed by atoms with E-state index in [4.69, 9.17) is 5.11 Å². The Morgan fingerprint density at radius 3 is 2.95 bits per heavy atom. The van der Waals surface area contributed by atoms with Crippen LogP contribution < -0.4 is 5.32 Å². The van der Waals surface area contributed by atoms with E-state index in [-0.39, 0.29) is 24.2 Å². The predicted octanol–water partition coefficient (Wildman–Crippen LogP) is 1.47. The molecule has 1 unspecified atom stereocenters. The van der Waals surface area contributed by atoms with Crippen LogP contribution in [0, 0.1) is 6.92 Å². The van der Waals surface area contributed by atoms with Gasteiger partial charge in [-0.2, -0.15) is 0 Å². The highest BCUT2D eigenvalue weighted by atomic mass is 16.3. The molecule has 0 fully saturated rings. The standard InChI is InChI=1S/C15H20N4O2/c1-3-12(7-8-20)16-15(21)14-10-19(18-17-14)13-6-4-5-11(2)9-13/h4-6,9-10,12,20H,3,7-8H2,1-2H3,(H,16,21). The van der Waals surface area contributed by atoms with Gasteiger partial charge in [0.15, 0.2) is 5.69 Å². The van der Waals surface area contributed by atoms with Crippen LogP contribution >= 0.6 is 0 Å². The van der Waals surface area contributed by atoms with Gasteiger partial charge in [-0.15, -0.1) is 5.10 Å². The molecule has 1 atom stereocenters. The summed E-state index contributed by atoms with van der Waals surface area (Å²) < 4.78 is 1.58. The van der Waals surface area contributed by atoms with Crippen LogP contribution in [0.3, 0.4) is 0 Å². The summed E-state index contributed by atoms with van der Waals surface area (Å²) in [6.45, 7) is 4.01. The number of nitrogens with one attached hydrogen (secondary N) is 1. The molecule has 0 bridgehead atoms. The minimum absolute atomic E-state index is 0.0494. The molecule has 0 saturated heterocycles. The average molecular weight is 288 g/mol. The summed E-state index contributed by atoms with van der Waals surface area (Å²) in [7, 11) is 0. The number of rotatable bonds is 6. The van der Waals surface area contributed by atoms with Crippen molar-refractivity contribution in [3.63, 3.8) is 0 Å². The number of aryl methyl sites for hydroxylation is 1. The van der Waals surface area contributed by atoms with E-state index >= 15 is 0 Å². The van der Waals surface area contributed by atoms with Crippen LogP contribution in [0.5, 0.6) is 0 Å². The normalized spacial score (nSPS) is 12.1. The quantitative estimate of drug-likeness (QED) is 0.843. The molecule has 2 rings (SSSR count). The molecular formula is C15H20N4O2. The molecule has 112 valence electrons. The molecular weight excluding hydrogens is 268 g/mol. The van der Waals surface area contributed by atoms with E-state index in [9.17, 15) is 4.79 Å². The lowest BCUT2D eigenvalue weighted by Gasteiger charge is -2.14. The first-order valence-corrected chi connectivity index (χ1v) is 7.05. The summed E-state index contributed by atoms with van der Waals surface area (Å²) in [6.07, 6.45) is 2.91. The van der Waals surface area contributed by atoms with Crippen molar-refractivity contribution in [1.82, 2.24) is 20.3 Å². The van der Waals surface area contributed by atoms with E-state index < -0.39 is 0 Å². The van der Waals surface area contributed by atoms with Crippen LogP contribution in [0.4, 0.5) is 0 Å². The van der Waals surface area contributed by atoms with Crippen molar-refractivity contribution in [3.05, 3.63) is 41.7 Å². The third-order valence-corrected chi connectivity index (χ3v) is 3.30. The number of amides is 1. The molecule has 2 aromatic rings. The highest BCUT2D eigenvalue weighted by molar-refractivity contribution is 5.92. The minimum atomic E-state index is -0.269. The summed E-state index contributed by atoms with van der Waals surface area (Å²) in [6, 6.07) is 7.75. The topological polar surface area (TPSA) is 80.0 Å². The first kappa shape index (κ1) is 15.2. The van der Waals surface area contributed by atoms with Gasteiger partial charge in [0.2, 0.25) is 0 Å². The van der Waals surface area contributed by atoms with Gasteiger partial charge in [0, 0.05) is 12.6 Å². The van der Waals surface area contributed by atoms with Gasteiger partial charge in [0.1, 0.15) is 0 Å². The third kappa shape index (κ3) is 3.88. The molecule has 0 aliphatic carbocycles. The van der Waals surface area contributed by atoms with Crippen LogP contribution in [0.15, 0.2) is 30.5 Å². The third-order valence-electron chi connectivity index (χ3n) is 3.30. The van der Waals surface area contributed by atoms with E-state index in [1.807, 2.05) is 38.1 Å². The first-order valence-electron chi connectivity index (χ1n) is 7.05. The van der Waals surface area contributed by atoms with Crippen molar-refractivity contribution in [2.45, 2.75) is 32.7 Å². The van der Waals surface area contributed by atoms with Gasteiger partial charge < -0.3 is 10.4 Å². The lowest BCUT2D eigenvalue weighted by molar-refractivity contribution is 0.0924. The Hall–Kier alpha value is -2.21. The zero-order valence-electron chi connectivity index (χ0n) is 12.3. The van der Waals surface area contributed by atoms with Crippen LogP contribution in [0.1, 0.15) is 35.8 Å². The summed E-state index contributed by atoms with van der Waals surface area (Å²) in [4.78, 5) is 12.1. The second-order valence-electron chi connectivity index (χ2n) is 4.98. The molecule has 0 saturated carbocycles. The van der Waals surface area contributed by atoms with Crippen molar-refractivity contribution in [2.75, 3.05) is 6.61 Å². The number of carbonyl (C=O) groups excluding carboxylic acids is 1. The van der Waals surface area contributed by atoms with E-state index in [0.29, 0.717) is 6.42 Å². The van der Waals surface area contributed by atoms with Crippen LogP contribution in [0.2, 0.25) is 0 Å². The van der Waals surface area contributed by atoms with E-state index in [2.05, 4.69) is 15.6 Å². The lowest BCUT2D eigenvalue weighted by Crippen LogP contribution is -2.35. The van der Waals surface area contributed by atoms with Gasteiger partial charge in [-0.1, -0.05) is 24.3 Å². The van der Waals surface area contributed by atoms with Gasteiger partial charge in [0.05, 0.1) is 11.9 Å². The number of benzene rings is 1. The second kappa shape index (κ2) is 6.99. The number of aliphatic hydroxyl groups excluding tert-OH is 1. The Labute approximate surface area is 123 Å². The Morgan fingerprint density at radius 2 is 2.29 bits per heavy atom. The van der Waals surface area contributed by atoms with Gasteiger partial charge >= 0.3 is 0 Å². The molecule has 0 radical (unpaired) electrons. The minimum Gasteiger partial charge on any atom is -0.396 e. The predicted molar refractivity (Wildman–Crippen MR) is 79.3 cm³/mol. The lowest BCUT2D eigenvalue weighted by atomic mass is 10.1. The smallest absolute Gasteiger partial charge is 0.273 e. The maximum atomic E-state index is 12.1. The molecule has 1 aromatic heterocycles. The Balaban J connectivity index is 2.10. The van der Waals surface area contributed by atoms with E-state index in [0.717, 1.165) is 17.7 Å². The van der Waals surface area contributed by atoms with E-state index in [1.165, 1.54) is 0 Å². The fourth-order valence-corrected chi connectivity index (χ4v) is 2.06. The molecule has 6 heteroatoms. The zero-order chi connectivity index (χ0) is 15.2. The Morgan fingerprint density at radius 1 is 1.48 bits per heavy atom. The fraction of sp³-hybridized carbons (Fsp3) is 0.400. The van der Waals surface area contributed by atoms with Crippen molar-refractivity contribution in [3.8, 4) is 5.69 Å². The number of hydrogen-bond donors (Lipinski definition) is 2. The van der Waals surface area contributed by atoms with Crippen LogP contribution in [-0.2, 0) is 0 Å². The van der Waals surface area contributed by atoms with Crippen molar-refractivity contribution in [2.24, 2.45) is 0 Å². The molecule has 6 nitrogen and oxygen atoms in total. The van der Waals surface area contributed by atoms with Crippen LogP contribution in [0.25, 0.3) is 5.69 Å². The maximum Gasteiger partial charge on any atom is 0.273 e. The summed E-state index contributed by atoms with van der Waals surface area (Å²) in [5.74, 6) is -0.269. The molecule has 1 amide bonds. The SMILES string of the molecule is CCC(CCO)NC(=O)c1cn(-c2cccc(C)c2)nn1. The van der Waals surface area contributed by atoms with Gasteiger partial charge in [-0.25, -0.2) is 4.68 Å². The van der Waals surface area contributed by atoms with E-state index in [1.54, 1.807) is 10.9 Å². The van der Waals surface area contributed by atoms with Gasteiger partial charge in [0.25, 0.3) is 5.91 Å². The van der Waals surface area contributed by atoms with Crippen molar-refractivity contribution in [1.29, 1.82) is 0 Å². The maximum absolute atomic E-state index is 12.1. The van der Waals surface area contributed by atoms with Crippen molar-refractivity contribution < 1.29 is 9.90 Å². The largest absolute Gasteiger partial charge is 0.396 e. The van der Waals surface area contributed by atoms with Crippen LogP contribution in [-0.4, -0.2) is 38.7 Å². The molecule has 1 aromatic carbocycles. The number of carbonyl (C=O) groups is 1. The second-order valence-corrected chi connectivity index (χ2v) is 4.98. The molecule has 21 heavy (non-hydrogen) atoms. The molecule has 2 N–H and O–H groups in total. The monoisotopic (exact) mass is 288 g/mol. The first-order chi connectivity index (χ1) is 10.1. The molecule has 1 heterocycles. The average Bonchev–Trinajstić information content (AvgIpc) is 2.96.